The van der Waals surface area contributed by atoms with Crippen LogP contribution in [0.1, 0.15) is 38.2 Å². The summed E-state index contributed by atoms with van der Waals surface area (Å²) in [5.74, 6) is 0. The highest BCUT2D eigenvalue weighted by Gasteiger charge is 2.42. The summed E-state index contributed by atoms with van der Waals surface area (Å²) in [6, 6.07) is 5.34. The molecule has 0 saturated heterocycles. The molecular formula is C14H20BrNO2S. The van der Waals surface area contributed by atoms with Crippen LogP contribution in [0.15, 0.2) is 27.6 Å². The number of halogens is 1. The van der Waals surface area contributed by atoms with Crippen LogP contribution < -0.4 is 4.72 Å². The Morgan fingerprint density at radius 2 is 2.05 bits per heavy atom. The summed E-state index contributed by atoms with van der Waals surface area (Å²) >= 11 is 3.32. The monoisotopic (exact) mass is 345 g/mol. The third-order valence-electron chi connectivity index (χ3n) is 3.81. The van der Waals surface area contributed by atoms with E-state index >= 15 is 0 Å². The minimum Gasteiger partial charge on any atom is -0.211 e. The van der Waals surface area contributed by atoms with Crippen LogP contribution in [0.2, 0.25) is 0 Å². The molecule has 1 aliphatic rings. The molecule has 0 unspecified atom stereocenters. The van der Waals surface area contributed by atoms with E-state index in [4.69, 9.17) is 0 Å². The van der Waals surface area contributed by atoms with E-state index in [0.29, 0.717) is 11.4 Å². The van der Waals surface area contributed by atoms with E-state index in [2.05, 4.69) is 27.6 Å². The first kappa shape index (κ1) is 15.0. The molecule has 1 aromatic carbocycles. The zero-order chi connectivity index (χ0) is 14.1. The SMILES string of the molecule is CCCC1(CNS(=O)(=O)c2cc(Br)ccc2C)CC1. The highest BCUT2D eigenvalue weighted by atomic mass is 79.9. The number of rotatable bonds is 6. The molecule has 0 radical (unpaired) electrons. The maximum Gasteiger partial charge on any atom is 0.240 e. The van der Waals surface area contributed by atoms with Crippen LogP contribution in [-0.4, -0.2) is 15.0 Å². The zero-order valence-corrected chi connectivity index (χ0v) is 13.8. The van der Waals surface area contributed by atoms with Gasteiger partial charge in [0.05, 0.1) is 4.90 Å². The van der Waals surface area contributed by atoms with Gasteiger partial charge >= 0.3 is 0 Å². The van der Waals surface area contributed by atoms with Crippen molar-refractivity contribution >= 4 is 26.0 Å². The Bertz CT molecular complexity index is 565. The molecule has 19 heavy (non-hydrogen) atoms. The molecule has 0 aliphatic heterocycles. The van der Waals surface area contributed by atoms with Crippen LogP contribution in [0.5, 0.6) is 0 Å². The Balaban J connectivity index is 2.12. The van der Waals surface area contributed by atoms with Gasteiger partial charge in [-0.05, 0) is 49.3 Å². The zero-order valence-electron chi connectivity index (χ0n) is 11.4. The lowest BCUT2D eigenvalue weighted by Gasteiger charge is -2.16. The third kappa shape index (κ3) is 3.58. The quantitative estimate of drug-likeness (QED) is 0.855. The number of aryl methyl sites for hydroxylation is 1. The van der Waals surface area contributed by atoms with Gasteiger partial charge in [0.2, 0.25) is 10.0 Å². The molecule has 5 heteroatoms. The van der Waals surface area contributed by atoms with E-state index in [0.717, 1.165) is 35.7 Å². The fourth-order valence-corrected chi connectivity index (χ4v) is 4.35. The van der Waals surface area contributed by atoms with Crippen molar-refractivity contribution in [3.8, 4) is 0 Å². The molecule has 0 amide bonds. The molecule has 0 spiro atoms. The van der Waals surface area contributed by atoms with Crippen molar-refractivity contribution in [1.29, 1.82) is 0 Å². The standard InChI is InChI=1S/C14H20BrNO2S/c1-3-6-14(7-8-14)10-16-19(17,18)13-9-12(15)5-4-11(13)2/h4-5,9,16H,3,6-8,10H2,1-2H3. The highest BCUT2D eigenvalue weighted by molar-refractivity contribution is 9.10. The molecule has 1 aliphatic carbocycles. The first-order chi connectivity index (χ1) is 8.88. The molecule has 3 nitrogen and oxygen atoms in total. The molecule has 1 N–H and O–H groups in total. The lowest BCUT2D eigenvalue weighted by molar-refractivity contribution is 0.449. The van der Waals surface area contributed by atoms with Crippen LogP contribution in [0.4, 0.5) is 0 Å². The number of hydrogen-bond donors (Lipinski definition) is 1. The van der Waals surface area contributed by atoms with Crippen LogP contribution >= 0.6 is 15.9 Å². The topological polar surface area (TPSA) is 46.2 Å². The van der Waals surface area contributed by atoms with Crippen molar-refractivity contribution in [2.45, 2.75) is 44.4 Å². The predicted octanol–water partition coefficient (Wildman–Crippen LogP) is 3.62. The number of benzene rings is 1. The van der Waals surface area contributed by atoms with Crippen LogP contribution in [0.3, 0.4) is 0 Å². The van der Waals surface area contributed by atoms with Crippen molar-refractivity contribution in [1.82, 2.24) is 4.72 Å². The molecule has 106 valence electrons. The van der Waals surface area contributed by atoms with Gasteiger partial charge in [0.15, 0.2) is 0 Å². The number of hydrogen-bond acceptors (Lipinski definition) is 2. The van der Waals surface area contributed by atoms with E-state index in [9.17, 15) is 8.42 Å². The molecule has 1 saturated carbocycles. The lowest BCUT2D eigenvalue weighted by atomic mass is 10.0. The third-order valence-corrected chi connectivity index (χ3v) is 5.85. The van der Waals surface area contributed by atoms with Gasteiger partial charge in [0.1, 0.15) is 0 Å². The molecular weight excluding hydrogens is 326 g/mol. The van der Waals surface area contributed by atoms with Gasteiger partial charge in [-0.25, -0.2) is 13.1 Å². The van der Waals surface area contributed by atoms with E-state index in [1.807, 2.05) is 19.1 Å². The van der Waals surface area contributed by atoms with Crippen molar-refractivity contribution < 1.29 is 8.42 Å². The first-order valence-corrected chi connectivity index (χ1v) is 8.92. The molecule has 1 aromatic rings. The average Bonchev–Trinajstić information content (AvgIpc) is 3.11. The Morgan fingerprint density at radius 1 is 1.37 bits per heavy atom. The van der Waals surface area contributed by atoms with Crippen LogP contribution in [0, 0.1) is 12.3 Å². The van der Waals surface area contributed by atoms with Crippen LogP contribution in [-0.2, 0) is 10.0 Å². The Morgan fingerprint density at radius 3 is 2.63 bits per heavy atom. The summed E-state index contributed by atoms with van der Waals surface area (Å²) < 4.78 is 28.3. The second kappa shape index (κ2) is 5.54. The second-order valence-electron chi connectivity index (χ2n) is 5.48. The summed E-state index contributed by atoms with van der Waals surface area (Å²) in [5.41, 5.74) is 0.998. The maximum absolute atomic E-state index is 12.4. The molecule has 0 atom stereocenters. The van der Waals surface area contributed by atoms with Crippen molar-refractivity contribution in [3.63, 3.8) is 0 Å². The molecule has 0 heterocycles. The van der Waals surface area contributed by atoms with Gasteiger partial charge in [-0.3, -0.25) is 0 Å². The van der Waals surface area contributed by atoms with Gasteiger partial charge in [-0.15, -0.1) is 0 Å². The second-order valence-corrected chi connectivity index (χ2v) is 8.14. The Hall–Kier alpha value is -0.390. The summed E-state index contributed by atoms with van der Waals surface area (Å²) in [4.78, 5) is 0.370. The summed E-state index contributed by atoms with van der Waals surface area (Å²) in [6.45, 7) is 4.53. The Kier molecular flexibility index (Phi) is 4.38. The minimum atomic E-state index is -3.40. The molecule has 1 fully saturated rings. The highest BCUT2D eigenvalue weighted by Crippen LogP contribution is 2.49. The fraction of sp³-hybridized carbons (Fsp3) is 0.571. The lowest BCUT2D eigenvalue weighted by Crippen LogP contribution is -2.30. The van der Waals surface area contributed by atoms with Gasteiger partial charge in [-0.2, -0.15) is 0 Å². The van der Waals surface area contributed by atoms with Gasteiger partial charge in [0, 0.05) is 11.0 Å². The van der Waals surface area contributed by atoms with Crippen molar-refractivity contribution in [2.75, 3.05) is 6.54 Å². The minimum absolute atomic E-state index is 0.224. The smallest absolute Gasteiger partial charge is 0.211 e. The predicted molar refractivity (Wildman–Crippen MR) is 80.6 cm³/mol. The number of sulfonamides is 1. The van der Waals surface area contributed by atoms with E-state index in [1.54, 1.807) is 6.07 Å². The van der Waals surface area contributed by atoms with Gasteiger partial charge in [-0.1, -0.05) is 35.3 Å². The van der Waals surface area contributed by atoms with E-state index in [-0.39, 0.29) is 5.41 Å². The summed E-state index contributed by atoms with van der Waals surface area (Å²) in [7, 11) is -3.40. The average molecular weight is 346 g/mol. The maximum atomic E-state index is 12.4. The molecule has 0 aromatic heterocycles. The van der Waals surface area contributed by atoms with E-state index < -0.39 is 10.0 Å². The fourth-order valence-electron chi connectivity index (χ4n) is 2.41. The first-order valence-electron chi connectivity index (χ1n) is 6.64. The molecule has 2 rings (SSSR count). The van der Waals surface area contributed by atoms with Crippen LogP contribution in [0.25, 0.3) is 0 Å². The molecule has 0 bridgehead atoms. The van der Waals surface area contributed by atoms with Crippen molar-refractivity contribution in [2.24, 2.45) is 5.41 Å². The van der Waals surface area contributed by atoms with Gasteiger partial charge < -0.3 is 0 Å². The largest absolute Gasteiger partial charge is 0.240 e. The van der Waals surface area contributed by atoms with Crippen molar-refractivity contribution in [3.05, 3.63) is 28.2 Å². The number of nitrogens with one attached hydrogen (secondary N) is 1. The summed E-state index contributed by atoms with van der Waals surface area (Å²) in [6.07, 6.45) is 4.49. The Labute approximate surface area is 124 Å². The summed E-state index contributed by atoms with van der Waals surface area (Å²) in [5, 5.41) is 0. The normalized spacial score (nSPS) is 17.4. The van der Waals surface area contributed by atoms with E-state index in [1.165, 1.54) is 0 Å². The van der Waals surface area contributed by atoms with Gasteiger partial charge in [0.25, 0.3) is 0 Å².